The Hall–Kier alpha value is -1.85. The van der Waals surface area contributed by atoms with Gasteiger partial charge in [-0.15, -0.1) is 0 Å². The lowest BCUT2D eigenvalue weighted by molar-refractivity contribution is 0.225. The van der Waals surface area contributed by atoms with Crippen molar-refractivity contribution in [2.45, 2.75) is 53.5 Å². The highest BCUT2D eigenvalue weighted by Crippen LogP contribution is 2.22. The molecule has 0 fully saturated rings. The van der Waals surface area contributed by atoms with Gasteiger partial charge in [0.25, 0.3) is 0 Å². The van der Waals surface area contributed by atoms with Crippen LogP contribution in [0.1, 0.15) is 36.4 Å². The maximum Gasteiger partial charge on any atom is 0.125 e. The van der Waals surface area contributed by atoms with Gasteiger partial charge in [0.2, 0.25) is 0 Å². The minimum Gasteiger partial charge on any atom is -0.491 e. The second-order valence-electron chi connectivity index (χ2n) is 6.65. The zero-order valence-electron chi connectivity index (χ0n) is 15.4. The van der Waals surface area contributed by atoms with Gasteiger partial charge >= 0.3 is 0 Å². The third-order valence-electron chi connectivity index (χ3n) is 3.91. The summed E-state index contributed by atoms with van der Waals surface area (Å²) in [5.41, 5.74) is 4.27. The quantitative estimate of drug-likeness (QED) is 0.808. The number of aryl methyl sites for hydroxylation is 2. The molecular weight excluding hydrogens is 302 g/mol. The molecule has 2 rings (SSSR count). The van der Waals surface area contributed by atoms with Crippen LogP contribution in [-0.2, 0) is 19.7 Å². The van der Waals surface area contributed by atoms with Gasteiger partial charge in [0.05, 0.1) is 24.9 Å². The number of aromatic nitrogens is 2. The smallest absolute Gasteiger partial charge is 0.125 e. The number of likely N-dealkylation sites (N-methyl/N-ethyl adjacent to an activating group) is 1. The third-order valence-corrected chi connectivity index (χ3v) is 3.91. The van der Waals surface area contributed by atoms with E-state index in [0.717, 1.165) is 36.6 Å². The molecule has 0 aliphatic carbocycles. The van der Waals surface area contributed by atoms with E-state index in [-0.39, 0.29) is 12.7 Å². The number of ether oxygens (including phenoxy) is 1. The summed E-state index contributed by atoms with van der Waals surface area (Å²) in [4.78, 5) is 2.26. The van der Waals surface area contributed by atoms with Crippen LogP contribution in [0.15, 0.2) is 24.3 Å². The lowest BCUT2D eigenvalue weighted by atomic mass is 10.1. The predicted molar refractivity (Wildman–Crippen MR) is 96.2 cm³/mol. The molecule has 0 radical (unpaired) electrons. The zero-order valence-corrected chi connectivity index (χ0v) is 15.4. The number of aliphatic hydroxyl groups excluding tert-OH is 1. The van der Waals surface area contributed by atoms with Gasteiger partial charge in [-0.3, -0.25) is 4.68 Å². The van der Waals surface area contributed by atoms with Gasteiger partial charge in [-0.2, -0.15) is 5.10 Å². The molecule has 1 N–H and O–H groups in total. The normalized spacial score (nSPS) is 11.5. The maximum atomic E-state index is 9.57. The number of hydrogen-bond donors (Lipinski definition) is 1. The summed E-state index contributed by atoms with van der Waals surface area (Å²) < 4.78 is 7.78. The zero-order chi connectivity index (χ0) is 17.7. The topological polar surface area (TPSA) is 50.5 Å². The van der Waals surface area contributed by atoms with E-state index in [9.17, 15) is 5.11 Å². The molecular formula is C19H29N3O2. The number of nitrogens with zero attached hydrogens (tertiary/aromatic N) is 3. The fourth-order valence-corrected chi connectivity index (χ4v) is 2.78. The Balaban J connectivity index is 1.95. The molecule has 132 valence electrons. The molecule has 0 aliphatic rings. The van der Waals surface area contributed by atoms with Crippen LogP contribution in [0.3, 0.4) is 0 Å². The van der Waals surface area contributed by atoms with E-state index in [1.54, 1.807) is 0 Å². The van der Waals surface area contributed by atoms with Crippen LogP contribution < -0.4 is 4.74 Å². The van der Waals surface area contributed by atoms with Gasteiger partial charge in [0.1, 0.15) is 5.75 Å². The Bertz CT molecular complexity index is 665. The molecule has 0 saturated heterocycles. The van der Waals surface area contributed by atoms with E-state index in [1.807, 2.05) is 37.6 Å². The van der Waals surface area contributed by atoms with Crippen molar-refractivity contribution in [1.29, 1.82) is 0 Å². The average Bonchev–Trinajstić information content (AvgIpc) is 2.84. The highest BCUT2D eigenvalue weighted by atomic mass is 16.5. The Labute approximate surface area is 144 Å². The molecule has 0 saturated carbocycles. The van der Waals surface area contributed by atoms with E-state index in [1.165, 1.54) is 11.3 Å². The number of aliphatic hydroxyl groups is 1. The first-order valence-electron chi connectivity index (χ1n) is 8.48. The van der Waals surface area contributed by atoms with Crippen molar-refractivity contribution in [2.75, 3.05) is 13.6 Å². The highest BCUT2D eigenvalue weighted by Gasteiger charge is 2.09. The summed E-state index contributed by atoms with van der Waals surface area (Å²) in [6.45, 7) is 10.7. The van der Waals surface area contributed by atoms with Crippen LogP contribution in [0.2, 0.25) is 0 Å². The number of hydrogen-bond acceptors (Lipinski definition) is 4. The lowest BCUT2D eigenvalue weighted by Crippen LogP contribution is -2.23. The summed E-state index contributed by atoms with van der Waals surface area (Å²) in [6, 6.07) is 8.14. The fraction of sp³-hybridized carbons (Fsp3) is 0.526. The molecule has 1 aromatic heterocycles. The van der Waals surface area contributed by atoms with Crippen molar-refractivity contribution >= 4 is 0 Å². The second kappa shape index (κ2) is 8.31. The lowest BCUT2D eigenvalue weighted by Gasteiger charge is -2.19. The van der Waals surface area contributed by atoms with Gasteiger partial charge in [-0.1, -0.05) is 6.07 Å². The Morgan fingerprint density at radius 2 is 2.00 bits per heavy atom. The first kappa shape index (κ1) is 18.5. The van der Waals surface area contributed by atoms with Gasteiger partial charge in [-0.25, -0.2) is 0 Å². The number of benzene rings is 1. The molecule has 1 heterocycles. The van der Waals surface area contributed by atoms with Crippen molar-refractivity contribution in [1.82, 2.24) is 14.7 Å². The van der Waals surface area contributed by atoms with E-state index in [2.05, 4.69) is 36.1 Å². The second-order valence-corrected chi connectivity index (χ2v) is 6.65. The average molecular weight is 331 g/mol. The van der Waals surface area contributed by atoms with E-state index in [0.29, 0.717) is 0 Å². The molecule has 5 nitrogen and oxygen atoms in total. The highest BCUT2D eigenvalue weighted by molar-refractivity contribution is 5.37. The first-order chi connectivity index (χ1) is 11.4. The monoisotopic (exact) mass is 331 g/mol. The van der Waals surface area contributed by atoms with Crippen LogP contribution >= 0.6 is 0 Å². The molecule has 0 amide bonds. The van der Waals surface area contributed by atoms with Crippen LogP contribution in [-0.4, -0.2) is 39.5 Å². The van der Waals surface area contributed by atoms with E-state index in [4.69, 9.17) is 4.74 Å². The first-order valence-corrected chi connectivity index (χ1v) is 8.48. The van der Waals surface area contributed by atoms with Crippen molar-refractivity contribution in [3.63, 3.8) is 0 Å². The summed E-state index contributed by atoms with van der Waals surface area (Å²) >= 11 is 0. The van der Waals surface area contributed by atoms with Crippen LogP contribution in [0.4, 0.5) is 0 Å². The minimum atomic E-state index is -0.00857. The third kappa shape index (κ3) is 5.08. The molecule has 24 heavy (non-hydrogen) atoms. The Morgan fingerprint density at radius 1 is 1.25 bits per heavy atom. The van der Waals surface area contributed by atoms with Crippen molar-refractivity contribution in [3.8, 4) is 5.75 Å². The molecule has 0 unspecified atom stereocenters. The summed E-state index contributed by atoms with van der Waals surface area (Å²) in [7, 11) is 2.10. The van der Waals surface area contributed by atoms with Gasteiger partial charge < -0.3 is 14.7 Å². The van der Waals surface area contributed by atoms with Gasteiger partial charge in [-0.05, 0) is 58.5 Å². The van der Waals surface area contributed by atoms with Crippen molar-refractivity contribution < 1.29 is 9.84 Å². The predicted octanol–water partition coefficient (Wildman–Crippen LogP) is 2.91. The van der Waals surface area contributed by atoms with Crippen LogP contribution in [0.25, 0.3) is 0 Å². The molecule has 0 aliphatic heterocycles. The summed E-state index contributed by atoms with van der Waals surface area (Å²) in [5, 5.41) is 14.1. The van der Waals surface area contributed by atoms with Crippen LogP contribution in [0, 0.1) is 13.8 Å². The van der Waals surface area contributed by atoms with E-state index >= 15 is 0 Å². The fourth-order valence-electron chi connectivity index (χ4n) is 2.78. The molecule has 0 spiro atoms. The largest absolute Gasteiger partial charge is 0.491 e. The minimum absolute atomic E-state index is 0.00857. The Kier molecular flexibility index (Phi) is 6.40. The molecule has 1 aromatic carbocycles. The van der Waals surface area contributed by atoms with Crippen molar-refractivity contribution in [3.05, 3.63) is 46.8 Å². The van der Waals surface area contributed by atoms with Gasteiger partial charge in [0.15, 0.2) is 0 Å². The number of rotatable bonds is 8. The Morgan fingerprint density at radius 3 is 2.58 bits per heavy atom. The van der Waals surface area contributed by atoms with E-state index < -0.39 is 0 Å². The SMILES string of the molecule is Cc1cc(C)n(CCN(C)Cc2ccc(OC(C)C)c(CO)c2)n1. The van der Waals surface area contributed by atoms with Crippen molar-refractivity contribution in [2.24, 2.45) is 0 Å². The van der Waals surface area contributed by atoms with Crippen LogP contribution in [0.5, 0.6) is 5.75 Å². The molecule has 0 atom stereocenters. The molecule has 5 heteroatoms. The molecule has 0 bridgehead atoms. The molecule has 2 aromatic rings. The standard InChI is InChI=1S/C19H29N3O2/c1-14(2)24-19-7-6-17(11-18(19)13-23)12-21(5)8-9-22-16(4)10-15(3)20-22/h6-7,10-11,14,23H,8-9,12-13H2,1-5H3. The van der Waals surface area contributed by atoms with Gasteiger partial charge in [0, 0.05) is 24.3 Å². The summed E-state index contributed by atoms with van der Waals surface area (Å²) in [6.07, 6.45) is 0.101. The maximum absolute atomic E-state index is 9.57. The summed E-state index contributed by atoms with van der Waals surface area (Å²) in [5.74, 6) is 0.765.